The maximum Gasteiger partial charge on any atom is 0.325 e. The fourth-order valence-electron chi connectivity index (χ4n) is 7.41. The van der Waals surface area contributed by atoms with E-state index < -0.39 is 95.9 Å². The van der Waals surface area contributed by atoms with Crippen LogP contribution in [-0.4, -0.2) is 151 Å². The second-order valence-electron chi connectivity index (χ2n) is 15.6. The van der Waals surface area contributed by atoms with Gasteiger partial charge in [0.05, 0.1) is 18.5 Å². The summed E-state index contributed by atoms with van der Waals surface area (Å²) in [6.07, 6.45) is 4.94. The molecule has 20 heteroatoms. The van der Waals surface area contributed by atoms with Gasteiger partial charge in [-0.2, -0.15) is 0 Å². The first-order valence-corrected chi connectivity index (χ1v) is 19.7. The van der Waals surface area contributed by atoms with Crippen LogP contribution in [0.1, 0.15) is 85.3 Å². The van der Waals surface area contributed by atoms with Crippen LogP contribution in [0.4, 0.5) is 0 Å². The molecule has 9 N–H and O–H groups in total. The normalized spacial score (nSPS) is 22.5. The van der Waals surface area contributed by atoms with Gasteiger partial charge in [0.15, 0.2) is 0 Å². The lowest BCUT2D eigenvalue weighted by Gasteiger charge is -2.33. The van der Waals surface area contributed by atoms with Gasteiger partial charge in [0.25, 0.3) is 0 Å². The molecule has 0 saturated carbocycles. The number of carbonyl (C=O) groups excluding carboxylic acids is 7. The zero-order valence-electron chi connectivity index (χ0n) is 33.2. The van der Waals surface area contributed by atoms with Crippen molar-refractivity contribution in [3.05, 3.63) is 18.2 Å². The lowest BCUT2D eigenvalue weighted by atomic mass is 10.0. The second kappa shape index (κ2) is 20.4. The molecule has 7 amide bonds. The molecule has 20 nitrogen and oxygen atoms in total. The van der Waals surface area contributed by atoms with Crippen molar-refractivity contribution < 1.29 is 48.6 Å². The van der Waals surface area contributed by atoms with Crippen molar-refractivity contribution >= 4 is 47.3 Å². The number of imidazole rings is 1. The predicted molar refractivity (Wildman–Crippen MR) is 203 cm³/mol. The Morgan fingerprint density at radius 1 is 0.772 bits per heavy atom. The number of aromatic amines is 1. The van der Waals surface area contributed by atoms with E-state index in [1.165, 1.54) is 36.9 Å². The first-order valence-electron chi connectivity index (χ1n) is 19.7. The van der Waals surface area contributed by atoms with E-state index in [1.807, 2.05) is 13.8 Å². The maximum atomic E-state index is 14.0. The van der Waals surface area contributed by atoms with E-state index in [0.717, 1.165) is 6.42 Å². The third-order valence-electron chi connectivity index (χ3n) is 10.5. The highest BCUT2D eigenvalue weighted by atomic mass is 16.4. The minimum atomic E-state index is -1.48. The summed E-state index contributed by atoms with van der Waals surface area (Å²) in [5.41, 5.74) is 0.605. The summed E-state index contributed by atoms with van der Waals surface area (Å²) >= 11 is 0. The average Bonchev–Trinajstić information content (AvgIpc) is 3.99. The Morgan fingerprint density at radius 3 is 2.02 bits per heavy atom. The van der Waals surface area contributed by atoms with Crippen molar-refractivity contribution in [2.75, 3.05) is 19.6 Å². The molecule has 57 heavy (non-hydrogen) atoms. The molecule has 0 unspecified atom stereocenters. The largest absolute Gasteiger partial charge is 0.480 e. The Bertz CT molecular complexity index is 1620. The summed E-state index contributed by atoms with van der Waals surface area (Å²) < 4.78 is 0. The third-order valence-corrected chi connectivity index (χ3v) is 10.5. The van der Waals surface area contributed by atoms with E-state index in [4.69, 9.17) is 5.11 Å². The molecule has 4 rings (SSSR count). The van der Waals surface area contributed by atoms with Crippen molar-refractivity contribution in [1.29, 1.82) is 0 Å². The Kier molecular flexibility index (Phi) is 15.9. The minimum Gasteiger partial charge on any atom is -0.480 e. The summed E-state index contributed by atoms with van der Waals surface area (Å²) in [6, 6.07) is -8.30. The van der Waals surface area contributed by atoms with Crippen LogP contribution in [0, 0.1) is 5.92 Å². The quantitative estimate of drug-likeness (QED) is 0.0756. The summed E-state index contributed by atoms with van der Waals surface area (Å²) in [5, 5.41) is 35.5. The zero-order chi connectivity index (χ0) is 42.0. The number of aliphatic hydroxyl groups is 1. The molecule has 1 aromatic rings. The molecule has 3 aliphatic heterocycles. The van der Waals surface area contributed by atoms with Gasteiger partial charge in [0.2, 0.25) is 41.4 Å². The monoisotopic (exact) mass is 802 g/mol. The molecule has 316 valence electrons. The number of carboxylic acids is 1. The number of likely N-dealkylation sites (tertiary alicyclic amines) is 2. The molecule has 0 aliphatic carbocycles. The van der Waals surface area contributed by atoms with Crippen LogP contribution in [0.5, 0.6) is 0 Å². The molecule has 9 atom stereocenters. The fraction of sp³-hybridized carbons (Fsp3) is 0.703. The van der Waals surface area contributed by atoms with E-state index in [-0.39, 0.29) is 44.2 Å². The number of aromatic nitrogens is 2. The van der Waals surface area contributed by atoms with Crippen LogP contribution >= 0.6 is 0 Å². The summed E-state index contributed by atoms with van der Waals surface area (Å²) in [6.45, 7) is 8.87. The topological polar surface area (TPSA) is 284 Å². The van der Waals surface area contributed by atoms with Crippen molar-refractivity contribution in [2.24, 2.45) is 5.92 Å². The maximum absolute atomic E-state index is 14.0. The number of nitrogens with zero attached hydrogens (tertiary/aromatic N) is 3. The van der Waals surface area contributed by atoms with Gasteiger partial charge < -0.3 is 56.9 Å². The van der Waals surface area contributed by atoms with Gasteiger partial charge >= 0.3 is 5.97 Å². The van der Waals surface area contributed by atoms with Crippen LogP contribution in [0.25, 0.3) is 0 Å². The highest BCUT2D eigenvalue weighted by Gasteiger charge is 2.44. The Morgan fingerprint density at radius 2 is 1.42 bits per heavy atom. The van der Waals surface area contributed by atoms with E-state index in [9.17, 15) is 43.5 Å². The summed E-state index contributed by atoms with van der Waals surface area (Å²) in [5.74, 6) is -5.48. The summed E-state index contributed by atoms with van der Waals surface area (Å²) in [7, 11) is 0. The Hall–Kier alpha value is -5.11. The number of hydrogen-bond donors (Lipinski definition) is 9. The molecule has 3 aliphatic rings. The van der Waals surface area contributed by atoms with Crippen LogP contribution in [0.15, 0.2) is 12.5 Å². The number of carbonyl (C=O) groups is 8. The molecule has 3 fully saturated rings. The molecule has 3 saturated heterocycles. The van der Waals surface area contributed by atoms with Gasteiger partial charge in [0.1, 0.15) is 42.3 Å². The van der Waals surface area contributed by atoms with E-state index in [2.05, 4.69) is 41.9 Å². The van der Waals surface area contributed by atoms with Gasteiger partial charge in [-0.05, 0) is 78.2 Å². The summed E-state index contributed by atoms with van der Waals surface area (Å²) in [4.78, 5) is 115. The number of aliphatic carboxylic acids is 1. The Labute approximate surface area is 331 Å². The average molecular weight is 803 g/mol. The molecule has 0 bridgehead atoms. The van der Waals surface area contributed by atoms with Crippen LogP contribution in [0.2, 0.25) is 0 Å². The number of H-pyrrole nitrogens is 1. The molecule has 4 heterocycles. The van der Waals surface area contributed by atoms with Crippen molar-refractivity contribution in [2.45, 2.75) is 140 Å². The van der Waals surface area contributed by atoms with E-state index in [1.54, 1.807) is 6.20 Å². The lowest BCUT2D eigenvalue weighted by Crippen LogP contribution is -2.60. The van der Waals surface area contributed by atoms with Crippen molar-refractivity contribution in [1.82, 2.24) is 51.7 Å². The number of nitrogens with one attached hydrogen (secondary N) is 7. The molecule has 0 spiro atoms. The molecule has 1 aromatic heterocycles. The molecule has 0 aromatic carbocycles. The first-order chi connectivity index (χ1) is 27.0. The molecular formula is C37H58N10O10. The SMILES string of the molecule is CC(C)C[C@H](NC(=O)[C@H](Cc1cnc[nH]1)NC(=O)[C@@H]1CCCN1)C(=O)N[C@@H](C)C(=O)N1CCC[C@H]1C(=O)N1CCC[C@H]1C(=O)N[C@H](C(=O)N[C@@H](C)C(=O)O)[C@@H](C)O. The first kappa shape index (κ1) is 44.6. The van der Waals surface area contributed by atoms with Crippen LogP contribution < -0.4 is 31.9 Å². The zero-order valence-corrected chi connectivity index (χ0v) is 33.2. The number of rotatable bonds is 18. The second-order valence-corrected chi connectivity index (χ2v) is 15.6. The highest BCUT2D eigenvalue weighted by Crippen LogP contribution is 2.26. The number of hydrogen-bond acceptors (Lipinski definition) is 11. The lowest BCUT2D eigenvalue weighted by molar-refractivity contribution is -0.148. The Balaban J connectivity index is 1.40. The standard InChI is InChI=1S/C37H58N10O10/c1-19(2)15-25(43-32(51)26(16-23-17-38-18-40-23)44-30(49)24-9-6-12-39-24)31(50)41-20(3)35(54)47-14-8-11-28(47)36(55)46-13-7-10-27(46)33(52)45-29(22(5)48)34(53)42-21(4)37(56)57/h17-22,24-29,39,48H,6-16H2,1-5H3,(H,38,40)(H,41,50)(H,42,53)(H,43,51)(H,44,49)(H,45,52)(H,56,57)/t20-,21-,22+,24-,25-,26-,27-,28-,29-/m0/s1. The number of carboxylic acid groups (broad SMARTS) is 1. The van der Waals surface area contributed by atoms with Gasteiger partial charge in [-0.25, -0.2) is 4.98 Å². The minimum absolute atomic E-state index is 0.0415. The number of aliphatic hydroxyl groups excluding tert-OH is 1. The van der Waals surface area contributed by atoms with Crippen LogP contribution in [0.3, 0.4) is 0 Å². The van der Waals surface area contributed by atoms with Gasteiger partial charge in [-0.15, -0.1) is 0 Å². The van der Waals surface area contributed by atoms with Gasteiger partial charge in [0, 0.05) is 31.4 Å². The van der Waals surface area contributed by atoms with Crippen molar-refractivity contribution in [3.8, 4) is 0 Å². The third kappa shape index (κ3) is 12.0. The van der Waals surface area contributed by atoms with Gasteiger partial charge in [-0.3, -0.25) is 38.4 Å². The molecule has 0 radical (unpaired) electrons. The van der Waals surface area contributed by atoms with Crippen molar-refractivity contribution in [3.63, 3.8) is 0 Å². The van der Waals surface area contributed by atoms with E-state index >= 15 is 0 Å². The van der Waals surface area contributed by atoms with Gasteiger partial charge in [-0.1, -0.05) is 13.8 Å². The number of amides is 7. The predicted octanol–water partition coefficient (Wildman–Crippen LogP) is -2.34. The smallest absolute Gasteiger partial charge is 0.325 e. The van der Waals surface area contributed by atoms with Crippen LogP contribution in [-0.2, 0) is 44.8 Å². The fourth-order valence-corrected chi connectivity index (χ4v) is 7.41. The highest BCUT2D eigenvalue weighted by molar-refractivity contribution is 5.98. The van der Waals surface area contributed by atoms with E-state index in [0.29, 0.717) is 37.9 Å². The molecular weight excluding hydrogens is 744 g/mol.